The molecule has 4 heterocycles. The van der Waals surface area contributed by atoms with Crippen molar-refractivity contribution >= 4 is 76.3 Å². The van der Waals surface area contributed by atoms with E-state index in [1.807, 2.05) is 17.4 Å². The van der Waals surface area contributed by atoms with Crippen molar-refractivity contribution in [3.63, 3.8) is 0 Å². The highest BCUT2D eigenvalue weighted by Gasteiger charge is 2.26. The molecule has 0 spiro atoms. The van der Waals surface area contributed by atoms with Crippen molar-refractivity contribution in [2.24, 2.45) is 4.99 Å². The number of nitrogens with zero attached hydrogens (tertiary/aromatic N) is 2. The van der Waals surface area contributed by atoms with Gasteiger partial charge >= 0.3 is 0 Å². The molecule has 2 atom stereocenters. The Balaban J connectivity index is 0.984. The van der Waals surface area contributed by atoms with Crippen LogP contribution in [-0.4, -0.2) is 10.4 Å². The van der Waals surface area contributed by atoms with Crippen molar-refractivity contribution in [3.8, 4) is 16.8 Å². The predicted molar refractivity (Wildman–Crippen MR) is 237 cm³/mol. The van der Waals surface area contributed by atoms with Crippen LogP contribution in [0.4, 0.5) is 0 Å². The lowest BCUT2D eigenvalue weighted by atomic mass is 9.97. The van der Waals surface area contributed by atoms with Gasteiger partial charge in [0.1, 0.15) is 29.3 Å². The maximum absolute atomic E-state index is 6.63. The molecule has 0 saturated heterocycles. The summed E-state index contributed by atoms with van der Waals surface area (Å²) in [6, 6.07) is 56.5. The lowest BCUT2D eigenvalue weighted by molar-refractivity contribution is 0.409. The van der Waals surface area contributed by atoms with Gasteiger partial charge in [0, 0.05) is 53.2 Å². The van der Waals surface area contributed by atoms with Gasteiger partial charge in [0.05, 0.1) is 11.2 Å². The Bertz CT molecular complexity index is 3260. The number of para-hydroxylation sites is 1. The molecule has 0 radical (unpaired) electrons. The number of aliphatic imine (C=N–C) groups is 1. The van der Waals surface area contributed by atoms with Crippen LogP contribution in [0.5, 0.6) is 0 Å². The summed E-state index contributed by atoms with van der Waals surface area (Å²) in [7, 11) is 0. The molecule has 7 aromatic carbocycles. The predicted octanol–water partition coefficient (Wildman–Crippen LogP) is 12.9. The number of allylic oxidation sites excluding steroid dienone is 1. The summed E-state index contributed by atoms with van der Waals surface area (Å²) in [6.45, 7) is 0. The van der Waals surface area contributed by atoms with Gasteiger partial charge < -0.3 is 14.3 Å². The normalized spacial score (nSPS) is 16.7. The van der Waals surface area contributed by atoms with Crippen LogP contribution in [-0.2, 0) is 6.42 Å². The number of aromatic nitrogens is 1. The first-order chi connectivity index (χ1) is 28.2. The second-order valence-corrected chi connectivity index (χ2v) is 16.1. The Morgan fingerprint density at radius 2 is 1.40 bits per heavy atom. The first-order valence-corrected chi connectivity index (χ1v) is 20.5. The summed E-state index contributed by atoms with van der Waals surface area (Å²) >= 11 is 1.87. The van der Waals surface area contributed by atoms with E-state index in [-0.39, 0.29) is 12.3 Å². The third kappa shape index (κ3) is 5.22. The quantitative estimate of drug-likeness (QED) is 0.184. The second-order valence-electron chi connectivity index (χ2n) is 15.1. The fraction of sp³-hybridized carbons (Fsp3) is 0.0784. The lowest BCUT2D eigenvalue weighted by Gasteiger charge is -2.32. The molecule has 57 heavy (non-hydrogen) atoms. The molecule has 2 unspecified atom stereocenters. The number of benzene rings is 7. The van der Waals surface area contributed by atoms with E-state index in [1.165, 1.54) is 53.6 Å². The van der Waals surface area contributed by atoms with Gasteiger partial charge in [-0.05, 0) is 89.7 Å². The smallest absolute Gasteiger partial charge is 0.136 e. The Morgan fingerprint density at radius 3 is 2.28 bits per heavy atom. The largest absolute Gasteiger partial charge is 0.456 e. The molecule has 10 aromatic rings. The maximum Gasteiger partial charge on any atom is 0.136 e. The topological polar surface area (TPSA) is 54.5 Å². The first-order valence-electron chi connectivity index (χ1n) is 19.7. The Kier molecular flexibility index (Phi) is 7.37. The third-order valence-electron chi connectivity index (χ3n) is 11.8. The van der Waals surface area contributed by atoms with Gasteiger partial charge in [-0.25, -0.2) is 4.99 Å². The third-order valence-corrected chi connectivity index (χ3v) is 12.9. The van der Waals surface area contributed by atoms with Crippen LogP contribution in [0.3, 0.4) is 0 Å². The van der Waals surface area contributed by atoms with E-state index in [2.05, 4.69) is 179 Å². The molecule has 12 rings (SSSR count). The fourth-order valence-corrected chi connectivity index (χ4v) is 10.3. The molecule has 0 bridgehead atoms. The van der Waals surface area contributed by atoms with Crippen LogP contribution in [0, 0.1) is 0 Å². The van der Waals surface area contributed by atoms with Crippen LogP contribution < -0.4 is 10.6 Å². The summed E-state index contributed by atoms with van der Waals surface area (Å²) < 4.78 is 11.7. The van der Waals surface area contributed by atoms with Gasteiger partial charge in [-0.3, -0.25) is 5.32 Å². The van der Waals surface area contributed by atoms with E-state index in [4.69, 9.17) is 9.41 Å². The van der Waals surface area contributed by atoms with Gasteiger partial charge in [0.2, 0.25) is 0 Å². The van der Waals surface area contributed by atoms with Gasteiger partial charge in [0.15, 0.2) is 0 Å². The number of hydrogen-bond acceptors (Lipinski definition) is 5. The molecule has 5 nitrogen and oxygen atoms in total. The number of nitrogens with one attached hydrogen (secondary N) is 2. The molecule has 0 saturated carbocycles. The molecule has 0 amide bonds. The van der Waals surface area contributed by atoms with E-state index < -0.39 is 0 Å². The average Bonchev–Trinajstić information content (AvgIpc) is 3.96. The van der Waals surface area contributed by atoms with E-state index in [1.54, 1.807) is 0 Å². The number of fused-ring (bicyclic) bond motifs is 9. The van der Waals surface area contributed by atoms with Gasteiger partial charge in [-0.15, -0.1) is 11.3 Å². The second kappa shape index (κ2) is 12.9. The van der Waals surface area contributed by atoms with E-state index in [0.29, 0.717) is 0 Å². The molecule has 0 fully saturated rings. The Hall–Kier alpha value is -6.73. The van der Waals surface area contributed by atoms with Crippen molar-refractivity contribution in [1.29, 1.82) is 0 Å². The van der Waals surface area contributed by atoms with Crippen LogP contribution in [0.2, 0.25) is 0 Å². The van der Waals surface area contributed by atoms with Crippen molar-refractivity contribution < 1.29 is 4.42 Å². The molecule has 2 aliphatic rings. The average molecular weight is 753 g/mol. The summed E-state index contributed by atoms with van der Waals surface area (Å²) in [4.78, 5) is 5.20. The van der Waals surface area contributed by atoms with Crippen LogP contribution in [0.1, 0.15) is 46.7 Å². The Labute approximate surface area is 333 Å². The number of amidine groups is 1. The van der Waals surface area contributed by atoms with E-state index >= 15 is 0 Å². The fourth-order valence-electron chi connectivity index (χ4n) is 9.14. The molecule has 2 N–H and O–H groups in total. The molecule has 272 valence electrons. The molecular formula is C51H36N4OS. The van der Waals surface area contributed by atoms with Crippen molar-refractivity contribution in [1.82, 2.24) is 15.2 Å². The van der Waals surface area contributed by atoms with Crippen LogP contribution in [0.15, 0.2) is 173 Å². The SMILES string of the molecule is C1=Cc2c(n(-c3cccc4sc5cccc(-c6ccc7c(c6)oc6ccc(C8=NC(c9ccccc9)NC(c9ccccc9)N8)cc67)c5c34)c3ccccc23)CC1. The minimum Gasteiger partial charge on any atom is -0.456 e. The minimum absolute atomic E-state index is 0.0989. The summed E-state index contributed by atoms with van der Waals surface area (Å²) in [5.41, 5.74) is 12.6. The molecule has 1 aliphatic heterocycles. The number of thiophene rings is 1. The summed E-state index contributed by atoms with van der Waals surface area (Å²) in [6.07, 6.45) is 6.42. The van der Waals surface area contributed by atoms with Crippen LogP contribution in [0.25, 0.3) is 75.9 Å². The summed E-state index contributed by atoms with van der Waals surface area (Å²) in [5.74, 6) is 0.851. The maximum atomic E-state index is 6.63. The van der Waals surface area contributed by atoms with Crippen LogP contribution >= 0.6 is 11.3 Å². The molecule has 6 heteroatoms. The van der Waals surface area contributed by atoms with Gasteiger partial charge in [0.25, 0.3) is 0 Å². The first kappa shape index (κ1) is 32.5. The summed E-state index contributed by atoms with van der Waals surface area (Å²) in [5, 5.41) is 13.5. The molecule has 1 aliphatic carbocycles. The zero-order valence-electron chi connectivity index (χ0n) is 30.9. The highest BCUT2D eigenvalue weighted by atomic mass is 32.1. The van der Waals surface area contributed by atoms with Crippen molar-refractivity contribution in [2.75, 3.05) is 0 Å². The van der Waals surface area contributed by atoms with E-state index in [0.717, 1.165) is 62.9 Å². The van der Waals surface area contributed by atoms with Crippen molar-refractivity contribution in [2.45, 2.75) is 25.2 Å². The zero-order chi connectivity index (χ0) is 37.5. The monoisotopic (exact) mass is 752 g/mol. The minimum atomic E-state index is -0.193. The van der Waals surface area contributed by atoms with Gasteiger partial charge in [-0.2, -0.15) is 0 Å². The van der Waals surface area contributed by atoms with E-state index in [9.17, 15) is 0 Å². The molecule has 3 aromatic heterocycles. The Morgan fingerprint density at radius 1 is 0.632 bits per heavy atom. The van der Waals surface area contributed by atoms with Crippen molar-refractivity contribution in [3.05, 3.63) is 192 Å². The highest BCUT2D eigenvalue weighted by molar-refractivity contribution is 7.26. The highest BCUT2D eigenvalue weighted by Crippen LogP contribution is 2.45. The number of rotatable bonds is 5. The number of furan rings is 1. The lowest BCUT2D eigenvalue weighted by Crippen LogP contribution is -2.44. The number of hydrogen-bond donors (Lipinski definition) is 2. The molecular weight excluding hydrogens is 717 g/mol. The van der Waals surface area contributed by atoms with Gasteiger partial charge in [-0.1, -0.05) is 115 Å². The standard InChI is InChI=1S/C51H36N4OS/c1-3-13-31(14-4-1)49-52-50(32-15-5-2-6-16-32)54-51(53-49)34-26-28-43-39(29-34)38-27-25-33(30-44(38)56-43)35-19-11-23-45-47(35)48-42(22-12-24-46(48)57-45)55-40-20-9-7-17-36(40)37-18-8-10-21-41(37)55/h1-9,11-20,22-30,49-50,52H,10,21H2,(H,53,54). The zero-order valence-corrected chi connectivity index (χ0v) is 31.8.